The summed E-state index contributed by atoms with van der Waals surface area (Å²) in [6.45, 7) is 10.5. The van der Waals surface area contributed by atoms with E-state index in [1.165, 1.54) is 12.4 Å². The lowest BCUT2D eigenvalue weighted by molar-refractivity contribution is -0.537. The number of carbonyl (C=O) groups is 2. The SMILES string of the molecule is CC(C)(C)[N+]([O-])=C[C@@]1([C@]2(C=[N+]([O-])C(C)(C)C)Cc3ccccc3C2=O)Cc2ccccc2C1=O. The molecule has 6 heteroatoms. The second-order valence-corrected chi connectivity index (χ2v) is 11.5. The molecule has 6 nitrogen and oxygen atoms in total. The molecule has 178 valence electrons. The van der Waals surface area contributed by atoms with Gasteiger partial charge in [0.25, 0.3) is 0 Å². The number of nitrogens with zero attached hydrogens (tertiary/aromatic N) is 2. The molecule has 4 rings (SSSR count). The van der Waals surface area contributed by atoms with Gasteiger partial charge in [-0.05, 0) is 24.0 Å². The van der Waals surface area contributed by atoms with Crippen molar-refractivity contribution in [3.8, 4) is 0 Å². The first-order chi connectivity index (χ1) is 15.7. The molecule has 34 heavy (non-hydrogen) atoms. The number of benzene rings is 2. The summed E-state index contributed by atoms with van der Waals surface area (Å²) in [5.74, 6) is -0.596. The minimum absolute atomic E-state index is 0.172. The van der Waals surface area contributed by atoms with Gasteiger partial charge < -0.3 is 10.4 Å². The van der Waals surface area contributed by atoms with Gasteiger partial charge in [0.2, 0.25) is 0 Å². The van der Waals surface area contributed by atoms with Gasteiger partial charge in [-0.3, -0.25) is 9.59 Å². The molecular formula is C28H32N2O4. The van der Waals surface area contributed by atoms with Crippen molar-refractivity contribution in [2.75, 3.05) is 0 Å². The summed E-state index contributed by atoms with van der Waals surface area (Å²) in [6, 6.07) is 14.4. The van der Waals surface area contributed by atoms with Crippen LogP contribution in [-0.2, 0) is 12.8 Å². The lowest BCUT2D eigenvalue weighted by Crippen LogP contribution is -2.56. The zero-order chi connectivity index (χ0) is 25.1. The Kier molecular flexibility index (Phi) is 5.35. The quantitative estimate of drug-likeness (QED) is 0.290. The molecule has 0 spiro atoms. The zero-order valence-corrected chi connectivity index (χ0v) is 20.7. The summed E-state index contributed by atoms with van der Waals surface area (Å²) in [5.41, 5.74) is -2.20. The fourth-order valence-electron chi connectivity index (χ4n) is 4.98. The van der Waals surface area contributed by atoms with E-state index in [0.717, 1.165) is 20.6 Å². The molecule has 0 aromatic heterocycles. The molecule has 2 atom stereocenters. The molecule has 0 amide bonds. The number of rotatable bonds is 3. The third kappa shape index (κ3) is 3.47. The molecule has 2 aromatic rings. The number of Topliss-reactive ketones (excluding diaryl/α,β-unsaturated/α-hetero) is 2. The zero-order valence-electron chi connectivity index (χ0n) is 20.7. The van der Waals surface area contributed by atoms with Gasteiger partial charge in [-0.2, -0.15) is 0 Å². The van der Waals surface area contributed by atoms with Crippen molar-refractivity contribution in [3.63, 3.8) is 0 Å². The second kappa shape index (κ2) is 7.62. The molecule has 0 fully saturated rings. The third-order valence-corrected chi connectivity index (χ3v) is 7.07. The molecule has 0 heterocycles. The molecule has 2 aliphatic carbocycles. The van der Waals surface area contributed by atoms with Crippen molar-refractivity contribution in [2.24, 2.45) is 10.8 Å². The summed E-state index contributed by atoms with van der Waals surface area (Å²) in [6.07, 6.45) is 3.11. The summed E-state index contributed by atoms with van der Waals surface area (Å²) >= 11 is 0. The van der Waals surface area contributed by atoms with Crippen LogP contribution in [0, 0.1) is 21.2 Å². The van der Waals surface area contributed by atoms with Gasteiger partial charge in [-0.1, -0.05) is 48.5 Å². The van der Waals surface area contributed by atoms with Crippen LogP contribution in [0.3, 0.4) is 0 Å². The van der Waals surface area contributed by atoms with E-state index in [9.17, 15) is 20.0 Å². The molecule has 0 N–H and O–H groups in total. The summed E-state index contributed by atoms with van der Waals surface area (Å²) in [5, 5.41) is 26.8. The number of hydrogen-bond donors (Lipinski definition) is 0. The predicted octanol–water partition coefficient (Wildman–Crippen LogP) is 4.60. The second-order valence-electron chi connectivity index (χ2n) is 11.5. The highest BCUT2D eigenvalue weighted by molar-refractivity contribution is 6.24. The van der Waals surface area contributed by atoms with Crippen LogP contribution in [0.5, 0.6) is 0 Å². The van der Waals surface area contributed by atoms with Crippen molar-refractivity contribution >= 4 is 24.0 Å². The Morgan fingerprint density at radius 3 is 1.29 bits per heavy atom. The van der Waals surface area contributed by atoms with Crippen molar-refractivity contribution < 1.29 is 19.1 Å². The Bertz CT molecular complexity index is 1150. The standard InChI is InChI=1S/C28H32N2O4/c1-25(2,3)29(33)17-27(15-19-11-7-9-13-21(19)23(27)31)28(18-30(34)26(4,5)6)16-20-12-8-10-14-22(20)24(28)32/h7-14,17-18H,15-16H2,1-6H3/t27-,28-/m0/s1. The fraction of sp³-hybridized carbons (Fsp3) is 0.429. The largest absolute Gasteiger partial charge is 0.624 e. The number of hydroxylamine groups is 2. The van der Waals surface area contributed by atoms with Crippen molar-refractivity contribution in [3.05, 3.63) is 81.2 Å². The smallest absolute Gasteiger partial charge is 0.181 e. The summed E-state index contributed by atoms with van der Waals surface area (Å²) in [4.78, 5) is 28.4. The maximum Gasteiger partial charge on any atom is 0.181 e. The van der Waals surface area contributed by atoms with Crippen LogP contribution < -0.4 is 0 Å². The van der Waals surface area contributed by atoms with E-state index in [1.54, 1.807) is 65.8 Å². The number of carbonyl (C=O) groups excluding carboxylic acids is 2. The van der Waals surface area contributed by atoms with E-state index in [1.807, 2.05) is 24.3 Å². The van der Waals surface area contributed by atoms with Crippen LogP contribution in [-0.4, -0.2) is 44.6 Å². The number of fused-ring (bicyclic) bond motifs is 2. The van der Waals surface area contributed by atoms with E-state index in [0.29, 0.717) is 11.1 Å². The first-order valence-corrected chi connectivity index (χ1v) is 11.6. The van der Waals surface area contributed by atoms with Crippen LogP contribution in [0.25, 0.3) is 0 Å². The van der Waals surface area contributed by atoms with Crippen LogP contribution in [0.15, 0.2) is 48.5 Å². The van der Waals surface area contributed by atoms with Gasteiger partial charge in [-0.15, -0.1) is 0 Å². The molecule has 0 unspecified atom stereocenters. The Hall–Kier alpha value is -3.28. The normalized spacial score (nSPS) is 25.5. The molecular weight excluding hydrogens is 428 g/mol. The van der Waals surface area contributed by atoms with Gasteiger partial charge >= 0.3 is 0 Å². The first-order valence-electron chi connectivity index (χ1n) is 11.6. The van der Waals surface area contributed by atoms with Crippen molar-refractivity contribution in [2.45, 2.75) is 65.5 Å². The van der Waals surface area contributed by atoms with E-state index in [2.05, 4.69) is 0 Å². The Morgan fingerprint density at radius 2 is 1.00 bits per heavy atom. The molecule has 2 aliphatic rings. The van der Waals surface area contributed by atoms with Crippen molar-refractivity contribution in [1.82, 2.24) is 0 Å². The van der Waals surface area contributed by atoms with Crippen LogP contribution in [0.2, 0.25) is 0 Å². The monoisotopic (exact) mass is 460 g/mol. The van der Waals surface area contributed by atoms with Gasteiger partial charge in [0, 0.05) is 52.7 Å². The van der Waals surface area contributed by atoms with E-state index < -0.39 is 21.9 Å². The molecule has 2 aromatic carbocycles. The van der Waals surface area contributed by atoms with E-state index in [4.69, 9.17) is 0 Å². The summed E-state index contributed by atoms with van der Waals surface area (Å²) < 4.78 is 1.55. The highest BCUT2D eigenvalue weighted by atomic mass is 16.5. The summed E-state index contributed by atoms with van der Waals surface area (Å²) in [7, 11) is 0. The maximum absolute atomic E-state index is 14.2. The Labute approximate surface area is 200 Å². The molecule has 0 saturated carbocycles. The molecule has 0 aliphatic heterocycles. The predicted molar refractivity (Wildman–Crippen MR) is 133 cm³/mol. The van der Waals surface area contributed by atoms with Crippen LogP contribution in [0.1, 0.15) is 73.4 Å². The van der Waals surface area contributed by atoms with E-state index in [-0.39, 0.29) is 24.4 Å². The topological polar surface area (TPSA) is 86.3 Å². The number of ketones is 2. The average Bonchev–Trinajstić information content (AvgIpc) is 3.20. The van der Waals surface area contributed by atoms with Crippen LogP contribution in [0.4, 0.5) is 0 Å². The van der Waals surface area contributed by atoms with Crippen LogP contribution >= 0.6 is 0 Å². The van der Waals surface area contributed by atoms with Crippen molar-refractivity contribution in [1.29, 1.82) is 0 Å². The Balaban J connectivity index is 2.09. The fourth-order valence-corrected chi connectivity index (χ4v) is 4.98. The van der Waals surface area contributed by atoms with Gasteiger partial charge in [0.1, 0.15) is 10.8 Å². The highest BCUT2D eigenvalue weighted by Crippen LogP contribution is 2.54. The molecule has 0 saturated heterocycles. The third-order valence-electron chi connectivity index (χ3n) is 7.07. The molecule has 0 radical (unpaired) electrons. The lowest BCUT2D eigenvalue weighted by atomic mass is 9.59. The highest BCUT2D eigenvalue weighted by Gasteiger charge is 2.68. The molecule has 0 bridgehead atoms. The minimum Gasteiger partial charge on any atom is -0.624 e. The number of hydrogen-bond acceptors (Lipinski definition) is 4. The Morgan fingerprint density at radius 1 is 0.676 bits per heavy atom. The lowest BCUT2D eigenvalue weighted by Gasteiger charge is -2.38. The average molecular weight is 461 g/mol. The minimum atomic E-state index is -1.53. The van der Waals surface area contributed by atoms with Gasteiger partial charge in [-0.25, -0.2) is 9.48 Å². The van der Waals surface area contributed by atoms with E-state index >= 15 is 0 Å². The van der Waals surface area contributed by atoms with Gasteiger partial charge in [0.05, 0.1) is 0 Å². The van der Waals surface area contributed by atoms with Gasteiger partial charge in [0.15, 0.2) is 35.1 Å². The maximum atomic E-state index is 14.2. The first kappa shape index (κ1) is 23.9.